The van der Waals surface area contributed by atoms with Gasteiger partial charge in [0.15, 0.2) is 0 Å². The summed E-state index contributed by atoms with van der Waals surface area (Å²) in [5.74, 6) is 0. The number of hydrogen-bond donors (Lipinski definition) is 1. The fourth-order valence-corrected chi connectivity index (χ4v) is 4.26. The highest BCUT2D eigenvalue weighted by Gasteiger charge is 2.27. The molecule has 0 amide bonds. The van der Waals surface area contributed by atoms with Gasteiger partial charge in [-0.3, -0.25) is 0 Å². The number of nitriles is 1. The van der Waals surface area contributed by atoms with Crippen molar-refractivity contribution in [2.24, 2.45) is 0 Å². The average Bonchev–Trinajstić information content (AvgIpc) is 2.21. The van der Waals surface area contributed by atoms with Gasteiger partial charge in [-0.2, -0.15) is 9.98 Å². The average molecular weight is 396 g/mol. The first-order valence-electron chi connectivity index (χ1n) is 5.00. The van der Waals surface area contributed by atoms with Crippen LogP contribution in [0.3, 0.4) is 0 Å². The largest absolute Gasteiger partial charge is 0.243 e. The molecule has 1 aromatic carbocycles. The van der Waals surface area contributed by atoms with Gasteiger partial charge in [-0.05, 0) is 54.4 Å². The third kappa shape index (κ3) is 3.54. The molecule has 0 saturated carbocycles. The van der Waals surface area contributed by atoms with Crippen molar-refractivity contribution in [1.82, 2.24) is 4.72 Å². The van der Waals surface area contributed by atoms with E-state index in [4.69, 9.17) is 5.26 Å². The Hall–Kier alpha value is -0.420. The smallest absolute Gasteiger partial charge is 0.207 e. The number of hydrogen-bond acceptors (Lipinski definition) is 3. The molecule has 0 bridgehead atoms. The molecule has 0 spiro atoms. The molecule has 0 radical (unpaired) electrons. The van der Waals surface area contributed by atoms with Crippen LogP contribution in [0.5, 0.6) is 0 Å². The SMILES string of the molecule is Cc1cc(Br)c(S(=O)(=O)NC(C)(C)C#N)cc1Br. The molecule has 0 atom stereocenters. The van der Waals surface area contributed by atoms with Crippen LogP contribution in [0.4, 0.5) is 0 Å². The summed E-state index contributed by atoms with van der Waals surface area (Å²) in [6.07, 6.45) is 0. The van der Waals surface area contributed by atoms with Crippen molar-refractivity contribution in [3.05, 3.63) is 26.6 Å². The molecule has 0 unspecified atom stereocenters. The van der Waals surface area contributed by atoms with Crippen molar-refractivity contribution in [3.63, 3.8) is 0 Å². The highest BCUT2D eigenvalue weighted by atomic mass is 79.9. The first-order valence-corrected chi connectivity index (χ1v) is 8.07. The lowest BCUT2D eigenvalue weighted by molar-refractivity contribution is 0.535. The number of nitrogens with one attached hydrogen (secondary N) is 1. The van der Waals surface area contributed by atoms with Gasteiger partial charge in [-0.15, -0.1) is 0 Å². The molecular formula is C11H12Br2N2O2S. The van der Waals surface area contributed by atoms with Gasteiger partial charge in [0.2, 0.25) is 10.0 Å². The van der Waals surface area contributed by atoms with Crippen LogP contribution in [0.1, 0.15) is 19.4 Å². The van der Waals surface area contributed by atoms with Gasteiger partial charge in [0, 0.05) is 8.95 Å². The van der Waals surface area contributed by atoms with Gasteiger partial charge in [-0.1, -0.05) is 15.9 Å². The van der Waals surface area contributed by atoms with E-state index in [1.807, 2.05) is 13.0 Å². The Morgan fingerprint density at radius 2 is 1.83 bits per heavy atom. The molecule has 0 fully saturated rings. The maximum Gasteiger partial charge on any atom is 0.243 e. The first-order chi connectivity index (χ1) is 8.09. The van der Waals surface area contributed by atoms with Crippen LogP contribution in [-0.2, 0) is 10.0 Å². The minimum Gasteiger partial charge on any atom is -0.207 e. The molecule has 1 rings (SSSR count). The van der Waals surface area contributed by atoms with E-state index in [0.29, 0.717) is 8.95 Å². The van der Waals surface area contributed by atoms with Gasteiger partial charge in [-0.25, -0.2) is 8.42 Å². The zero-order valence-electron chi connectivity index (χ0n) is 10.1. The summed E-state index contributed by atoms with van der Waals surface area (Å²) in [7, 11) is -3.75. The van der Waals surface area contributed by atoms with Gasteiger partial charge >= 0.3 is 0 Å². The second-order valence-electron chi connectivity index (χ2n) is 4.37. The summed E-state index contributed by atoms with van der Waals surface area (Å²) in [6.45, 7) is 4.86. The fourth-order valence-electron chi connectivity index (χ4n) is 1.25. The number of aryl methyl sites for hydroxylation is 1. The quantitative estimate of drug-likeness (QED) is 0.854. The number of halogens is 2. The van der Waals surface area contributed by atoms with Gasteiger partial charge in [0.1, 0.15) is 5.54 Å². The Morgan fingerprint density at radius 3 is 2.33 bits per heavy atom. The summed E-state index contributed by atoms with van der Waals surface area (Å²) in [6, 6.07) is 5.11. The van der Waals surface area contributed by atoms with Crippen LogP contribution in [0, 0.1) is 18.3 Å². The Balaban J connectivity index is 3.31. The third-order valence-electron chi connectivity index (χ3n) is 2.17. The highest BCUT2D eigenvalue weighted by Crippen LogP contribution is 2.29. The Morgan fingerprint density at radius 1 is 1.28 bits per heavy atom. The molecule has 7 heteroatoms. The summed E-state index contributed by atoms with van der Waals surface area (Å²) in [4.78, 5) is 0.100. The van der Waals surface area contributed by atoms with E-state index in [1.165, 1.54) is 19.9 Å². The lowest BCUT2D eigenvalue weighted by Gasteiger charge is -2.18. The maximum atomic E-state index is 12.2. The van der Waals surface area contributed by atoms with E-state index >= 15 is 0 Å². The lowest BCUT2D eigenvalue weighted by atomic mass is 10.1. The Kier molecular flexibility index (Phi) is 4.60. The molecule has 4 nitrogen and oxygen atoms in total. The molecule has 0 aliphatic heterocycles. The summed E-state index contributed by atoms with van der Waals surface area (Å²) in [5.41, 5.74) is -0.240. The molecule has 0 aliphatic carbocycles. The standard InChI is InChI=1S/C11H12Br2N2O2S/c1-7-4-9(13)10(5-8(7)12)18(16,17)15-11(2,3)6-14/h4-5,15H,1-3H3. The molecule has 1 aromatic rings. The number of sulfonamides is 1. The van der Waals surface area contributed by atoms with Crippen LogP contribution >= 0.6 is 31.9 Å². The van der Waals surface area contributed by atoms with Crippen molar-refractivity contribution in [2.75, 3.05) is 0 Å². The molecule has 1 N–H and O–H groups in total. The van der Waals surface area contributed by atoms with Gasteiger partial charge in [0.05, 0.1) is 11.0 Å². The second-order valence-corrected chi connectivity index (χ2v) is 7.73. The summed E-state index contributed by atoms with van der Waals surface area (Å²) in [5, 5.41) is 8.87. The van der Waals surface area contributed by atoms with Crippen LogP contribution in [0.15, 0.2) is 26.0 Å². The predicted molar refractivity (Wildman–Crippen MR) is 76.6 cm³/mol. The van der Waals surface area contributed by atoms with Crippen molar-refractivity contribution in [2.45, 2.75) is 31.2 Å². The van der Waals surface area contributed by atoms with Crippen molar-refractivity contribution >= 4 is 41.9 Å². The third-order valence-corrected chi connectivity index (χ3v) is 5.64. The zero-order chi connectivity index (χ0) is 14.1. The monoisotopic (exact) mass is 394 g/mol. The fraction of sp³-hybridized carbons (Fsp3) is 0.364. The normalized spacial score (nSPS) is 12.2. The molecule has 0 saturated heterocycles. The van der Waals surface area contributed by atoms with E-state index in [1.54, 1.807) is 6.07 Å². The first kappa shape index (κ1) is 15.6. The Labute approximate surface area is 124 Å². The molecule has 0 heterocycles. The van der Waals surface area contributed by atoms with E-state index in [9.17, 15) is 8.42 Å². The van der Waals surface area contributed by atoms with Crippen molar-refractivity contribution < 1.29 is 8.42 Å². The van der Waals surface area contributed by atoms with E-state index in [-0.39, 0.29) is 4.90 Å². The number of nitrogens with zero attached hydrogens (tertiary/aromatic N) is 1. The van der Waals surface area contributed by atoms with Gasteiger partial charge < -0.3 is 0 Å². The van der Waals surface area contributed by atoms with Crippen LogP contribution < -0.4 is 4.72 Å². The van der Waals surface area contributed by atoms with Crippen LogP contribution in [0.25, 0.3) is 0 Å². The Bertz CT molecular complexity index is 619. The molecule has 18 heavy (non-hydrogen) atoms. The topological polar surface area (TPSA) is 70.0 Å². The van der Waals surface area contributed by atoms with E-state index < -0.39 is 15.6 Å². The van der Waals surface area contributed by atoms with Crippen molar-refractivity contribution in [1.29, 1.82) is 5.26 Å². The maximum absolute atomic E-state index is 12.2. The summed E-state index contributed by atoms with van der Waals surface area (Å²) < 4.78 is 27.9. The predicted octanol–water partition coefficient (Wildman–Crippen LogP) is 3.10. The second kappa shape index (κ2) is 5.29. The summed E-state index contributed by atoms with van der Waals surface area (Å²) >= 11 is 6.51. The van der Waals surface area contributed by atoms with E-state index in [2.05, 4.69) is 36.6 Å². The van der Waals surface area contributed by atoms with Crippen LogP contribution in [-0.4, -0.2) is 14.0 Å². The van der Waals surface area contributed by atoms with Gasteiger partial charge in [0.25, 0.3) is 0 Å². The lowest BCUT2D eigenvalue weighted by Crippen LogP contribution is -2.42. The minimum atomic E-state index is -3.75. The molecule has 98 valence electrons. The number of benzene rings is 1. The number of rotatable bonds is 3. The molecule has 0 aromatic heterocycles. The minimum absolute atomic E-state index is 0.100. The van der Waals surface area contributed by atoms with E-state index in [0.717, 1.165) is 5.56 Å². The molecular weight excluding hydrogens is 384 g/mol. The van der Waals surface area contributed by atoms with Crippen molar-refractivity contribution in [3.8, 4) is 6.07 Å². The highest BCUT2D eigenvalue weighted by molar-refractivity contribution is 9.11. The molecule has 0 aliphatic rings. The van der Waals surface area contributed by atoms with Crippen LogP contribution in [0.2, 0.25) is 0 Å². The zero-order valence-corrected chi connectivity index (χ0v) is 14.1.